The first kappa shape index (κ1) is 20.6. The van der Waals surface area contributed by atoms with Crippen molar-refractivity contribution in [3.63, 3.8) is 0 Å². The summed E-state index contributed by atoms with van der Waals surface area (Å²) in [6, 6.07) is 20.7. The Morgan fingerprint density at radius 3 is 1.97 bits per heavy atom. The molecule has 2 amide bonds. The van der Waals surface area contributed by atoms with Crippen molar-refractivity contribution in [3.8, 4) is 0 Å². The van der Waals surface area contributed by atoms with Gasteiger partial charge in [-0.05, 0) is 23.3 Å². The molecule has 0 bridgehead atoms. The molecule has 7 heteroatoms. The summed E-state index contributed by atoms with van der Waals surface area (Å²) in [4.78, 5) is 55.7. The van der Waals surface area contributed by atoms with Crippen LogP contribution in [0.5, 0.6) is 0 Å². The number of ketones is 2. The second-order valence-corrected chi connectivity index (χ2v) is 8.78. The molecule has 0 saturated carbocycles. The third kappa shape index (κ3) is 2.64. The molecule has 168 valence electrons. The van der Waals surface area contributed by atoms with Gasteiger partial charge in [-0.1, -0.05) is 66.7 Å². The number of hydrogen-bond acceptors (Lipinski definition) is 5. The Morgan fingerprint density at radius 2 is 1.35 bits per heavy atom. The minimum atomic E-state index is -2.12. The molecule has 2 saturated heterocycles. The Labute approximate surface area is 193 Å². The lowest BCUT2D eigenvalue weighted by Crippen LogP contribution is -2.50. The van der Waals surface area contributed by atoms with Crippen LogP contribution in [0.25, 0.3) is 0 Å². The minimum Gasteiger partial charge on any atom is -0.349 e. The minimum absolute atomic E-state index is 0.0209. The van der Waals surface area contributed by atoms with Crippen molar-refractivity contribution >= 4 is 23.4 Å². The molecule has 0 radical (unpaired) electrons. The number of amides is 2. The van der Waals surface area contributed by atoms with Crippen LogP contribution in [0.4, 0.5) is 4.39 Å². The van der Waals surface area contributed by atoms with Crippen molar-refractivity contribution in [2.75, 3.05) is 0 Å². The molecule has 0 N–H and O–H groups in total. The van der Waals surface area contributed by atoms with Gasteiger partial charge in [0.05, 0.1) is 24.5 Å². The van der Waals surface area contributed by atoms with Crippen LogP contribution in [0, 0.1) is 17.7 Å². The van der Waals surface area contributed by atoms with Gasteiger partial charge < -0.3 is 4.74 Å². The van der Waals surface area contributed by atoms with Gasteiger partial charge in [0.2, 0.25) is 29.0 Å². The fraction of sp³-hybridized carbons (Fsp3) is 0.185. The second-order valence-electron chi connectivity index (χ2n) is 8.78. The van der Waals surface area contributed by atoms with Crippen LogP contribution in [0.15, 0.2) is 78.9 Å². The zero-order valence-electron chi connectivity index (χ0n) is 17.8. The average molecular weight is 455 g/mol. The summed E-state index contributed by atoms with van der Waals surface area (Å²) >= 11 is 0. The number of carbonyl (C=O) groups excluding carboxylic acids is 4. The zero-order valence-corrected chi connectivity index (χ0v) is 17.8. The van der Waals surface area contributed by atoms with E-state index in [1.54, 1.807) is 36.4 Å². The lowest BCUT2D eigenvalue weighted by Gasteiger charge is -2.27. The lowest BCUT2D eigenvalue weighted by atomic mass is 9.77. The predicted molar refractivity (Wildman–Crippen MR) is 117 cm³/mol. The van der Waals surface area contributed by atoms with E-state index >= 15 is 0 Å². The SMILES string of the molecule is O=C1[C@@H]2[C@@H](c3ccc(F)cc3)OC3(C(=O)c4ccccc4C3=O)[C@@H]2C(=O)N1Cc1ccccc1. The number of halogens is 1. The number of likely N-dealkylation sites (tertiary alicyclic amines) is 1. The van der Waals surface area contributed by atoms with Gasteiger partial charge in [0.15, 0.2) is 0 Å². The molecule has 0 unspecified atom stereocenters. The van der Waals surface area contributed by atoms with E-state index in [4.69, 9.17) is 4.74 Å². The number of rotatable bonds is 3. The summed E-state index contributed by atoms with van der Waals surface area (Å²) in [5.41, 5.74) is -0.608. The first-order valence-corrected chi connectivity index (χ1v) is 10.9. The highest BCUT2D eigenvalue weighted by atomic mass is 19.1. The number of ether oxygens (including phenoxy) is 1. The number of nitrogens with zero attached hydrogens (tertiary/aromatic N) is 1. The third-order valence-corrected chi connectivity index (χ3v) is 6.99. The molecule has 2 fully saturated rings. The zero-order chi connectivity index (χ0) is 23.6. The molecule has 34 heavy (non-hydrogen) atoms. The number of imide groups is 1. The van der Waals surface area contributed by atoms with Gasteiger partial charge in [-0.3, -0.25) is 24.1 Å². The van der Waals surface area contributed by atoms with Gasteiger partial charge in [-0.2, -0.15) is 0 Å². The highest BCUT2D eigenvalue weighted by Crippen LogP contribution is 2.57. The highest BCUT2D eigenvalue weighted by Gasteiger charge is 2.74. The summed E-state index contributed by atoms with van der Waals surface area (Å²) in [7, 11) is 0. The highest BCUT2D eigenvalue weighted by molar-refractivity contribution is 6.35. The van der Waals surface area contributed by atoms with Crippen molar-refractivity contribution in [2.45, 2.75) is 18.2 Å². The summed E-state index contributed by atoms with van der Waals surface area (Å²) in [6.07, 6.45) is -1.05. The Balaban J connectivity index is 1.49. The van der Waals surface area contributed by atoms with Crippen molar-refractivity contribution in [3.05, 3.63) is 107 Å². The van der Waals surface area contributed by atoms with E-state index in [9.17, 15) is 23.6 Å². The summed E-state index contributed by atoms with van der Waals surface area (Å²) in [5, 5.41) is 0. The summed E-state index contributed by atoms with van der Waals surface area (Å²) in [5.74, 6) is -5.21. The smallest absolute Gasteiger partial charge is 0.237 e. The van der Waals surface area contributed by atoms with Crippen LogP contribution in [-0.4, -0.2) is 33.9 Å². The quantitative estimate of drug-likeness (QED) is 0.446. The molecular formula is C27H18FNO5. The van der Waals surface area contributed by atoms with E-state index in [0.717, 1.165) is 10.5 Å². The summed E-state index contributed by atoms with van der Waals surface area (Å²) in [6.45, 7) is 0.0209. The maximum absolute atomic E-state index is 13.7. The van der Waals surface area contributed by atoms with E-state index in [0.29, 0.717) is 5.56 Å². The molecule has 1 spiro atoms. The Hall–Kier alpha value is -3.97. The van der Waals surface area contributed by atoms with Crippen LogP contribution < -0.4 is 0 Å². The number of benzene rings is 3. The molecule has 2 aliphatic heterocycles. The summed E-state index contributed by atoms with van der Waals surface area (Å²) < 4.78 is 19.8. The average Bonchev–Trinajstić information content (AvgIpc) is 3.41. The standard InChI is InChI=1S/C27H18FNO5/c28-17-12-10-16(11-13-17)22-20-21(26(33)29(25(20)32)14-15-6-2-1-3-7-15)27(34-22)23(30)18-8-4-5-9-19(18)24(27)31/h1-13,20-22H,14H2/t20-,21-,22+/m0/s1. The fourth-order valence-electron chi connectivity index (χ4n) is 5.45. The van der Waals surface area contributed by atoms with Crippen molar-refractivity contribution in [2.24, 2.45) is 11.8 Å². The largest absolute Gasteiger partial charge is 0.349 e. The van der Waals surface area contributed by atoms with E-state index < -0.39 is 52.7 Å². The van der Waals surface area contributed by atoms with Crippen LogP contribution in [0.1, 0.15) is 37.9 Å². The molecule has 1 aliphatic carbocycles. The van der Waals surface area contributed by atoms with E-state index in [1.807, 2.05) is 6.07 Å². The topological polar surface area (TPSA) is 80.8 Å². The molecule has 3 aromatic rings. The maximum Gasteiger partial charge on any atom is 0.237 e. The number of carbonyl (C=O) groups is 4. The fourth-order valence-corrected chi connectivity index (χ4v) is 5.45. The molecule has 6 rings (SSSR count). The maximum atomic E-state index is 13.7. The van der Waals surface area contributed by atoms with Crippen molar-refractivity contribution in [1.29, 1.82) is 0 Å². The number of fused-ring (bicyclic) bond motifs is 3. The lowest BCUT2D eigenvalue weighted by molar-refractivity contribution is -0.145. The molecule has 3 aliphatic rings. The molecule has 3 aromatic carbocycles. The van der Waals surface area contributed by atoms with Crippen LogP contribution in [0.3, 0.4) is 0 Å². The number of hydrogen-bond donors (Lipinski definition) is 0. The van der Waals surface area contributed by atoms with Gasteiger partial charge in [0, 0.05) is 11.1 Å². The van der Waals surface area contributed by atoms with Crippen molar-refractivity contribution < 1.29 is 28.3 Å². The molecule has 6 nitrogen and oxygen atoms in total. The van der Waals surface area contributed by atoms with Crippen LogP contribution in [-0.2, 0) is 20.9 Å². The predicted octanol–water partition coefficient (Wildman–Crippen LogP) is 3.52. The van der Waals surface area contributed by atoms with E-state index in [-0.39, 0.29) is 17.7 Å². The molecular weight excluding hydrogens is 437 g/mol. The van der Waals surface area contributed by atoms with Gasteiger partial charge >= 0.3 is 0 Å². The van der Waals surface area contributed by atoms with E-state index in [1.165, 1.54) is 36.4 Å². The monoisotopic (exact) mass is 455 g/mol. The molecule has 0 aromatic heterocycles. The molecule has 2 heterocycles. The Morgan fingerprint density at radius 1 is 0.765 bits per heavy atom. The van der Waals surface area contributed by atoms with Gasteiger partial charge in [0.25, 0.3) is 0 Å². The Kier molecular flexibility index (Phi) is 4.41. The number of Topliss-reactive ketones (excluding diaryl/α,β-unsaturated/α-hetero) is 2. The normalized spacial score (nSPS) is 24.7. The molecule has 3 atom stereocenters. The van der Waals surface area contributed by atoms with Crippen LogP contribution >= 0.6 is 0 Å². The van der Waals surface area contributed by atoms with Gasteiger partial charge in [-0.25, -0.2) is 4.39 Å². The first-order valence-electron chi connectivity index (χ1n) is 10.9. The van der Waals surface area contributed by atoms with Gasteiger partial charge in [0.1, 0.15) is 5.82 Å². The van der Waals surface area contributed by atoms with E-state index in [2.05, 4.69) is 0 Å². The third-order valence-electron chi connectivity index (χ3n) is 6.99. The van der Waals surface area contributed by atoms with Crippen molar-refractivity contribution in [1.82, 2.24) is 4.90 Å². The van der Waals surface area contributed by atoms with Crippen LogP contribution in [0.2, 0.25) is 0 Å². The Bertz CT molecular complexity index is 1330. The second kappa shape index (κ2) is 7.27. The first-order chi connectivity index (χ1) is 16.4. The van der Waals surface area contributed by atoms with Gasteiger partial charge in [-0.15, -0.1) is 0 Å².